The second-order valence-electron chi connectivity index (χ2n) is 13.3. The third kappa shape index (κ3) is 6.17. The van der Waals surface area contributed by atoms with Gasteiger partial charge in [0.25, 0.3) is 11.8 Å². The molecule has 1 saturated carbocycles. The number of imidazole rings is 1. The Morgan fingerprint density at radius 2 is 1.67 bits per heavy atom. The average molecular weight is 590 g/mol. The molecule has 11 nitrogen and oxygen atoms in total. The molecule has 1 aromatic carbocycles. The van der Waals surface area contributed by atoms with Crippen molar-refractivity contribution >= 4 is 51.4 Å². The van der Waals surface area contributed by atoms with Gasteiger partial charge in [0.05, 0.1) is 35.9 Å². The normalized spacial score (nSPS) is 19.5. The van der Waals surface area contributed by atoms with Gasteiger partial charge >= 0.3 is 5.97 Å². The molecule has 0 radical (unpaired) electrons. The summed E-state index contributed by atoms with van der Waals surface area (Å²) in [6, 6.07) is 5.10. The molecule has 0 bridgehead atoms. The van der Waals surface area contributed by atoms with Crippen molar-refractivity contribution in [3.05, 3.63) is 41.7 Å². The molecule has 0 spiro atoms. The highest BCUT2D eigenvalue weighted by Gasteiger charge is 2.33. The molecule has 1 fully saturated rings. The summed E-state index contributed by atoms with van der Waals surface area (Å²) < 4.78 is 6.90. The number of carbonyl (C=O) groups is 4. The van der Waals surface area contributed by atoms with Crippen LogP contribution in [-0.4, -0.2) is 67.5 Å². The lowest BCUT2D eigenvalue weighted by atomic mass is 9.81. The Labute approximate surface area is 250 Å². The molecule has 2 aliphatic rings. The first kappa shape index (κ1) is 30.3. The Bertz CT molecular complexity index is 1630. The molecule has 43 heavy (non-hydrogen) atoms. The summed E-state index contributed by atoms with van der Waals surface area (Å²) in [6.45, 7) is 10.2. The lowest BCUT2D eigenvalue weighted by molar-refractivity contribution is -0.138. The van der Waals surface area contributed by atoms with Gasteiger partial charge in [-0.3, -0.25) is 19.3 Å². The number of benzene rings is 1. The maximum Gasteiger partial charge on any atom is 0.337 e. The van der Waals surface area contributed by atoms with Gasteiger partial charge < -0.3 is 19.7 Å². The fourth-order valence-electron chi connectivity index (χ4n) is 6.03. The molecular weight excluding hydrogens is 550 g/mol. The van der Waals surface area contributed by atoms with Crippen LogP contribution < -0.4 is 5.32 Å². The zero-order chi connectivity index (χ0) is 31.3. The highest BCUT2D eigenvalue weighted by atomic mass is 16.5. The molecule has 3 aromatic rings. The smallest absolute Gasteiger partial charge is 0.337 e. The number of fused-ring (bicyclic) bond motifs is 3. The third-order valence-corrected chi connectivity index (χ3v) is 8.11. The van der Waals surface area contributed by atoms with E-state index in [1.165, 1.54) is 24.2 Å². The van der Waals surface area contributed by atoms with Crippen LogP contribution in [0.2, 0.25) is 0 Å². The molecule has 1 aliphatic carbocycles. The number of ether oxygens (including phenoxy) is 1. The average Bonchev–Trinajstić information content (AvgIpc) is 3.47. The number of hydrogen-bond donors (Lipinski definition) is 2. The number of anilines is 1. The third-order valence-electron chi connectivity index (χ3n) is 8.11. The minimum Gasteiger partial charge on any atom is -0.465 e. The number of imide groups is 1. The Morgan fingerprint density at radius 3 is 2.26 bits per heavy atom. The van der Waals surface area contributed by atoms with Gasteiger partial charge in [0.1, 0.15) is 11.3 Å². The summed E-state index contributed by atoms with van der Waals surface area (Å²) in [5, 5.41) is 14.6. The van der Waals surface area contributed by atoms with E-state index in [-0.39, 0.29) is 41.9 Å². The van der Waals surface area contributed by atoms with Crippen molar-refractivity contribution in [2.24, 2.45) is 11.8 Å². The van der Waals surface area contributed by atoms with Crippen molar-refractivity contribution in [3.63, 3.8) is 0 Å². The van der Waals surface area contributed by atoms with Crippen LogP contribution in [-0.2, 0) is 31.1 Å². The summed E-state index contributed by atoms with van der Waals surface area (Å²) in [4.78, 5) is 60.9. The van der Waals surface area contributed by atoms with Crippen LogP contribution in [0.3, 0.4) is 0 Å². The molecule has 11 heteroatoms. The van der Waals surface area contributed by atoms with Crippen molar-refractivity contribution in [1.82, 2.24) is 19.4 Å². The quantitative estimate of drug-likeness (QED) is 0.310. The van der Waals surface area contributed by atoms with E-state index in [1.54, 1.807) is 32.0 Å². The van der Waals surface area contributed by atoms with Gasteiger partial charge in [0, 0.05) is 35.4 Å². The summed E-state index contributed by atoms with van der Waals surface area (Å²) in [5.41, 5.74) is 0.578. The molecule has 3 heterocycles. The summed E-state index contributed by atoms with van der Waals surface area (Å²) in [7, 11) is 1.31. The number of carbonyl (C=O) groups excluding carboxylic acids is 4. The SMILES string of the molecule is COC(=O)c1ccc2c(c1)nc(NC(=O)C1CCC(CN3C(=O)C=CC3=O)CC1)c1nc(C(C)(C)C)n(CC(C)(C)O)c12. The van der Waals surface area contributed by atoms with E-state index in [1.807, 2.05) is 25.3 Å². The van der Waals surface area contributed by atoms with Crippen LogP contribution in [0.15, 0.2) is 30.4 Å². The number of aromatic nitrogens is 3. The predicted octanol–water partition coefficient (Wildman–Crippen LogP) is 4.11. The first-order chi connectivity index (χ1) is 20.2. The highest BCUT2D eigenvalue weighted by molar-refractivity contribution is 6.13. The van der Waals surface area contributed by atoms with Crippen molar-refractivity contribution in [2.75, 3.05) is 19.0 Å². The van der Waals surface area contributed by atoms with Crippen molar-refractivity contribution in [1.29, 1.82) is 0 Å². The lowest BCUT2D eigenvalue weighted by Gasteiger charge is -2.30. The monoisotopic (exact) mass is 589 g/mol. The largest absolute Gasteiger partial charge is 0.465 e. The van der Waals surface area contributed by atoms with Gasteiger partial charge in [-0.15, -0.1) is 0 Å². The van der Waals surface area contributed by atoms with Crippen LogP contribution >= 0.6 is 0 Å². The summed E-state index contributed by atoms with van der Waals surface area (Å²) in [6.07, 6.45) is 5.24. The number of aliphatic hydroxyl groups is 1. The molecule has 3 amide bonds. The Morgan fingerprint density at radius 1 is 1.02 bits per heavy atom. The van der Waals surface area contributed by atoms with E-state index < -0.39 is 17.0 Å². The number of amides is 3. The van der Waals surface area contributed by atoms with E-state index in [2.05, 4.69) is 5.32 Å². The highest BCUT2D eigenvalue weighted by Crippen LogP contribution is 2.37. The Kier molecular flexibility index (Phi) is 7.89. The Balaban J connectivity index is 1.50. The molecule has 228 valence electrons. The van der Waals surface area contributed by atoms with Gasteiger partial charge in [-0.1, -0.05) is 20.8 Å². The maximum atomic E-state index is 13.6. The second kappa shape index (κ2) is 11.2. The minimum absolute atomic E-state index is 0.144. The van der Waals surface area contributed by atoms with Gasteiger partial charge in [0.2, 0.25) is 5.91 Å². The molecule has 2 aromatic heterocycles. The fraction of sp³-hybridized carbons (Fsp3) is 0.500. The van der Waals surface area contributed by atoms with Crippen molar-refractivity contribution in [2.45, 2.75) is 77.9 Å². The second-order valence-corrected chi connectivity index (χ2v) is 13.3. The van der Waals surface area contributed by atoms with Crippen LogP contribution in [0.5, 0.6) is 0 Å². The van der Waals surface area contributed by atoms with Crippen LogP contribution in [0.4, 0.5) is 5.82 Å². The van der Waals surface area contributed by atoms with Gasteiger partial charge in [-0.25, -0.2) is 14.8 Å². The van der Waals surface area contributed by atoms with E-state index >= 15 is 0 Å². The lowest BCUT2D eigenvalue weighted by Crippen LogP contribution is -2.37. The number of rotatable bonds is 7. The van der Waals surface area contributed by atoms with Gasteiger partial charge in [-0.2, -0.15) is 0 Å². The van der Waals surface area contributed by atoms with Crippen molar-refractivity contribution in [3.8, 4) is 0 Å². The van der Waals surface area contributed by atoms with E-state index in [9.17, 15) is 24.3 Å². The van der Waals surface area contributed by atoms with E-state index in [0.29, 0.717) is 54.3 Å². The zero-order valence-corrected chi connectivity index (χ0v) is 25.6. The van der Waals surface area contributed by atoms with Crippen molar-refractivity contribution < 1.29 is 29.0 Å². The number of nitrogens with one attached hydrogen (secondary N) is 1. The molecule has 1 aliphatic heterocycles. The maximum absolute atomic E-state index is 13.6. The molecular formula is C32H39N5O6. The number of esters is 1. The molecule has 5 rings (SSSR count). The summed E-state index contributed by atoms with van der Waals surface area (Å²) in [5.74, 6) is -0.363. The minimum atomic E-state index is -1.06. The van der Waals surface area contributed by atoms with E-state index in [0.717, 1.165) is 11.2 Å². The standard InChI is InChI=1S/C32H39N5O6/c1-31(2,3)30-34-25-26(37(30)17-32(4,5)42)21-12-11-20(29(41)43-6)15-22(21)33-27(25)35-28(40)19-9-7-18(8-10-19)16-36-23(38)13-14-24(36)39/h11-15,18-19,42H,7-10,16-17H2,1-6H3,(H,33,35,40). The van der Waals surface area contributed by atoms with Gasteiger partial charge in [0.15, 0.2) is 5.82 Å². The number of methoxy groups -OCH3 is 1. The van der Waals surface area contributed by atoms with Crippen LogP contribution in [0.25, 0.3) is 21.9 Å². The molecule has 0 atom stereocenters. The topological polar surface area (TPSA) is 144 Å². The molecule has 0 saturated heterocycles. The van der Waals surface area contributed by atoms with Crippen LogP contribution in [0, 0.1) is 11.8 Å². The Hall–Kier alpha value is -4.12. The predicted molar refractivity (Wildman–Crippen MR) is 161 cm³/mol. The van der Waals surface area contributed by atoms with Gasteiger partial charge in [-0.05, 0) is 63.6 Å². The number of hydrogen-bond acceptors (Lipinski definition) is 8. The summed E-state index contributed by atoms with van der Waals surface area (Å²) >= 11 is 0. The van der Waals surface area contributed by atoms with Crippen LogP contribution in [0.1, 0.15) is 76.5 Å². The fourth-order valence-corrected chi connectivity index (χ4v) is 6.03. The van der Waals surface area contributed by atoms with E-state index in [4.69, 9.17) is 14.7 Å². The molecule has 2 N–H and O–H groups in total. The first-order valence-electron chi connectivity index (χ1n) is 14.7. The first-order valence-corrected chi connectivity index (χ1v) is 14.7. The number of nitrogens with zero attached hydrogens (tertiary/aromatic N) is 4. The number of pyridine rings is 1. The molecule has 0 unspecified atom stereocenters. The zero-order valence-electron chi connectivity index (χ0n) is 25.6.